The van der Waals surface area contributed by atoms with Gasteiger partial charge in [0.2, 0.25) is 0 Å². The molecule has 1 heterocycles. The molecule has 3 rings (SSSR count). The fourth-order valence-electron chi connectivity index (χ4n) is 2.55. The first-order valence-electron chi connectivity index (χ1n) is 8.11. The Morgan fingerprint density at radius 2 is 1.92 bits per heavy atom. The molecule has 0 aliphatic heterocycles. The summed E-state index contributed by atoms with van der Waals surface area (Å²) < 4.78 is 12.8. The Hall–Kier alpha value is -2.95. The fraction of sp³-hybridized carbons (Fsp3) is 0.211. The SMILES string of the molecule is [2H]CC(C)(C)OC(=O)c1c(C(=O)O)ccc2nc3ccccc3cc12. The number of hydrogen-bond donors (Lipinski definition) is 1. The average Bonchev–Trinajstić information content (AvgIpc) is 2.58. The maximum absolute atomic E-state index is 12.7. The van der Waals surface area contributed by atoms with E-state index in [1.807, 2.05) is 24.3 Å². The normalized spacial score (nSPS) is 12.2. The predicted octanol–water partition coefficient (Wildman–Crippen LogP) is 4.04. The third-order valence-electron chi connectivity index (χ3n) is 3.50. The monoisotopic (exact) mass is 324 g/mol. The summed E-state index contributed by atoms with van der Waals surface area (Å²) in [6, 6.07) is 12.1. The van der Waals surface area contributed by atoms with Crippen molar-refractivity contribution in [2.75, 3.05) is 0 Å². The summed E-state index contributed by atoms with van der Waals surface area (Å²) in [6.45, 7) is 3.08. The Kier molecular flexibility index (Phi) is 3.41. The van der Waals surface area contributed by atoms with E-state index in [1.165, 1.54) is 6.07 Å². The van der Waals surface area contributed by atoms with Gasteiger partial charge in [-0.15, -0.1) is 0 Å². The molecule has 5 heteroatoms. The van der Waals surface area contributed by atoms with E-state index in [4.69, 9.17) is 6.11 Å². The molecule has 0 saturated carbocycles. The molecular formula is C19H17NO4. The molecule has 0 atom stereocenters. The molecule has 122 valence electrons. The number of esters is 1. The molecule has 3 aromatic rings. The lowest BCUT2D eigenvalue weighted by Crippen LogP contribution is -2.25. The molecule has 1 aromatic heterocycles. The number of carboxylic acids is 1. The van der Waals surface area contributed by atoms with Gasteiger partial charge in [0.1, 0.15) is 5.60 Å². The minimum atomic E-state index is -1.22. The largest absolute Gasteiger partial charge is 0.478 e. The molecule has 0 radical (unpaired) electrons. The van der Waals surface area contributed by atoms with Crippen LogP contribution in [0.4, 0.5) is 0 Å². The predicted molar refractivity (Wildman–Crippen MR) is 91.4 cm³/mol. The average molecular weight is 324 g/mol. The van der Waals surface area contributed by atoms with Gasteiger partial charge < -0.3 is 9.84 Å². The summed E-state index contributed by atoms with van der Waals surface area (Å²) >= 11 is 0. The number of nitrogens with zero attached hydrogens (tertiary/aromatic N) is 1. The van der Waals surface area contributed by atoms with Crippen molar-refractivity contribution < 1.29 is 20.8 Å². The van der Waals surface area contributed by atoms with Crippen molar-refractivity contribution >= 4 is 33.7 Å². The highest BCUT2D eigenvalue weighted by Crippen LogP contribution is 2.27. The number of carbonyl (C=O) groups is 2. The zero-order valence-corrected chi connectivity index (χ0v) is 13.4. The molecule has 1 N–H and O–H groups in total. The number of fused-ring (bicyclic) bond motifs is 2. The lowest BCUT2D eigenvalue weighted by Gasteiger charge is -2.21. The summed E-state index contributed by atoms with van der Waals surface area (Å²) in [7, 11) is 0. The zero-order chi connectivity index (χ0) is 18.2. The summed E-state index contributed by atoms with van der Waals surface area (Å²) in [5.41, 5.74) is 0.0719. The lowest BCUT2D eigenvalue weighted by molar-refractivity contribution is 0.00682. The molecule has 0 unspecified atom stereocenters. The van der Waals surface area contributed by atoms with E-state index in [0.717, 1.165) is 10.9 Å². The van der Waals surface area contributed by atoms with Gasteiger partial charge >= 0.3 is 11.9 Å². The van der Waals surface area contributed by atoms with Crippen molar-refractivity contribution in [3.8, 4) is 0 Å². The van der Waals surface area contributed by atoms with Crippen molar-refractivity contribution in [3.63, 3.8) is 0 Å². The van der Waals surface area contributed by atoms with Gasteiger partial charge in [0.25, 0.3) is 0 Å². The van der Waals surface area contributed by atoms with Crippen LogP contribution >= 0.6 is 0 Å². The number of rotatable bonds is 2. The maximum Gasteiger partial charge on any atom is 0.340 e. The number of pyridine rings is 1. The number of benzene rings is 2. The van der Waals surface area contributed by atoms with Gasteiger partial charge in [-0.25, -0.2) is 14.6 Å². The first-order chi connectivity index (χ1) is 11.8. The van der Waals surface area contributed by atoms with Crippen LogP contribution in [-0.4, -0.2) is 27.6 Å². The first kappa shape index (κ1) is 14.6. The van der Waals surface area contributed by atoms with Crippen LogP contribution in [0.25, 0.3) is 21.8 Å². The van der Waals surface area contributed by atoms with E-state index in [0.29, 0.717) is 10.9 Å². The summed E-state index contributed by atoms with van der Waals surface area (Å²) in [6.07, 6.45) is 0. The zero-order valence-electron chi connectivity index (χ0n) is 14.4. The Labute approximate surface area is 140 Å². The van der Waals surface area contributed by atoms with Gasteiger partial charge in [-0.1, -0.05) is 18.2 Å². The molecule has 0 fully saturated rings. The standard InChI is InChI=1S/C19H17NO4/c1-19(2,3)24-18(23)16-12(17(21)22)8-9-15-13(16)10-11-6-4-5-7-14(11)20-15/h4-10H,1-3H3,(H,21,22)/i1D. The van der Waals surface area contributed by atoms with Crippen LogP contribution in [0.2, 0.25) is 0 Å². The van der Waals surface area contributed by atoms with E-state index >= 15 is 0 Å². The number of ether oxygens (including phenoxy) is 1. The smallest absolute Gasteiger partial charge is 0.340 e. The summed E-state index contributed by atoms with van der Waals surface area (Å²) in [4.78, 5) is 28.8. The molecule has 5 nitrogen and oxygen atoms in total. The van der Waals surface area contributed by atoms with Crippen LogP contribution in [0.15, 0.2) is 42.5 Å². The summed E-state index contributed by atoms with van der Waals surface area (Å²) in [5.74, 6) is -1.98. The minimum absolute atomic E-state index is 0.0372. The van der Waals surface area contributed by atoms with Gasteiger partial charge in [-0.05, 0) is 45.0 Å². The highest BCUT2D eigenvalue weighted by molar-refractivity contribution is 6.13. The number of carbonyl (C=O) groups excluding carboxylic acids is 1. The molecule has 0 spiro atoms. The van der Waals surface area contributed by atoms with Crippen molar-refractivity contribution in [1.29, 1.82) is 0 Å². The third kappa shape index (κ3) is 2.93. The van der Waals surface area contributed by atoms with E-state index in [9.17, 15) is 14.7 Å². The maximum atomic E-state index is 12.7. The second-order valence-corrected chi connectivity index (χ2v) is 6.19. The van der Waals surface area contributed by atoms with Gasteiger partial charge in [-0.2, -0.15) is 0 Å². The molecular weight excluding hydrogens is 306 g/mol. The molecule has 0 saturated heterocycles. The van der Waals surface area contributed by atoms with Crippen LogP contribution in [0.5, 0.6) is 0 Å². The second kappa shape index (κ2) is 5.60. The van der Waals surface area contributed by atoms with Crippen LogP contribution in [-0.2, 0) is 4.74 Å². The number of para-hydroxylation sites is 1. The van der Waals surface area contributed by atoms with Crippen molar-refractivity contribution in [3.05, 3.63) is 53.6 Å². The van der Waals surface area contributed by atoms with E-state index < -0.39 is 17.5 Å². The van der Waals surface area contributed by atoms with Crippen LogP contribution < -0.4 is 0 Å². The minimum Gasteiger partial charge on any atom is -0.478 e. The molecule has 0 aliphatic carbocycles. The number of hydrogen-bond acceptors (Lipinski definition) is 4. The molecule has 0 bridgehead atoms. The highest BCUT2D eigenvalue weighted by Gasteiger charge is 2.25. The Balaban J connectivity index is 2.28. The van der Waals surface area contributed by atoms with Crippen molar-refractivity contribution in [2.24, 2.45) is 0 Å². The molecule has 24 heavy (non-hydrogen) atoms. The van der Waals surface area contributed by atoms with E-state index in [-0.39, 0.29) is 18.0 Å². The molecule has 2 aromatic carbocycles. The Bertz CT molecular complexity index is 997. The summed E-state index contributed by atoms with van der Waals surface area (Å²) in [5, 5.41) is 10.7. The molecule has 0 aliphatic rings. The Morgan fingerprint density at radius 3 is 2.62 bits per heavy atom. The highest BCUT2D eigenvalue weighted by atomic mass is 16.6. The Morgan fingerprint density at radius 1 is 1.17 bits per heavy atom. The van der Waals surface area contributed by atoms with E-state index in [1.54, 1.807) is 26.0 Å². The van der Waals surface area contributed by atoms with Crippen LogP contribution in [0, 0.1) is 0 Å². The van der Waals surface area contributed by atoms with Crippen LogP contribution in [0.1, 0.15) is 42.8 Å². The number of aromatic nitrogens is 1. The number of carboxylic acid groups (broad SMARTS) is 1. The van der Waals surface area contributed by atoms with Crippen molar-refractivity contribution in [2.45, 2.75) is 26.3 Å². The second-order valence-electron chi connectivity index (χ2n) is 6.19. The van der Waals surface area contributed by atoms with Crippen LogP contribution in [0.3, 0.4) is 0 Å². The van der Waals surface area contributed by atoms with Gasteiger partial charge in [0.05, 0.1) is 22.2 Å². The topological polar surface area (TPSA) is 76.5 Å². The lowest BCUT2D eigenvalue weighted by atomic mass is 10.00. The van der Waals surface area contributed by atoms with Crippen molar-refractivity contribution in [1.82, 2.24) is 4.98 Å². The van der Waals surface area contributed by atoms with E-state index in [2.05, 4.69) is 4.98 Å². The number of aromatic carboxylic acids is 1. The fourth-order valence-corrected chi connectivity index (χ4v) is 2.55. The van der Waals surface area contributed by atoms with Gasteiger partial charge in [0.15, 0.2) is 0 Å². The quantitative estimate of drug-likeness (QED) is 0.568. The van der Waals surface area contributed by atoms with Gasteiger partial charge in [-0.3, -0.25) is 0 Å². The first-order valence-corrected chi connectivity index (χ1v) is 7.41. The van der Waals surface area contributed by atoms with Gasteiger partial charge in [0, 0.05) is 12.1 Å². The third-order valence-corrected chi connectivity index (χ3v) is 3.50. The molecule has 0 amide bonds.